The average molecular weight is 572 g/mol. The number of amides is 1. The van der Waals surface area contributed by atoms with E-state index in [1.165, 1.54) is 28.5 Å². The van der Waals surface area contributed by atoms with Gasteiger partial charge < -0.3 is 15.5 Å². The van der Waals surface area contributed by atoms with E-state index < -0.39 is 11.7 Å². The fourth-order valence-electron chi connectivity index (χ4n) is 5.63. The van der Waals surface area contributed by atoms with Gasteiger partial charge in [-0.3, -0.25) is 4.79 Å². The summed E-state index contributed by atoms with van der Waals surface area (Å²) in [4.78, 5) is 25.4. The van der Waals surface area contributed by atoms with Gasteiger partial charge >= 0.3 is 6.18 Å². The number of rotatable bonds is 5. The summed E-state index contributed by atoms with van der Waals surface area (Å²) in [6.07, 6.45) is 2.51. The minimum absolute atomic E-state index is 0.0753. The molecule has 0 spiro atoms. The number of nitrogens with one attached hydrogen (secondary N) is 2. The summed E-state index contributed by atoms with van der Waals surface area (Å²) in [6.45, 7) is 2.37. The third-order valence-corrected chi connectivity index (χ3v) is 10.4. The van der Waals surface area contributed by atoms with Crippen molar-refractivity contribution < 1.29 is 18.0 Å². The highest BCUT2D eigenvalue weighted by molar-refractivity contribution is 7.99. The molecule has 0 bridgehead atoms. The Labute approximate surface area is 232 Å². The minimum Gasteiger partial charge on any atom is -0.334 e. The van der Waals surface area contributed by atoms with E-state index in [1.807, 2.05) is 4.90 Å². The molecule has 0 unspecified atom stereocenters. The monoisotopic (exact) mass is 571 g/mol. The van der Waals surface area contributed by atoms with Gasteiger partial charge in [0.1, 0.15) is 10.4 Å². The zero-order valence-electron chi connectivity index (χ0n) is 21.2. The van der Waals surface area contributed by atoms with Crippen molar-refractivity contribution in [3.8, 4) is 10.6 Å². The SMILES string of the molecule is O=C1c2sc(-c3nc(Nc4cc5c(cc4C4CC4)CCNC5)ncc3C(F)(F)F)cc2SCCN1C1CCC1. The summed E-state index contributed by atoms with van der Waals surface area (Å²) in [7, 11) is 0. The van der Waals surface area contributed by atoms with Crippen LogP contribution in [-0.4, -0.2) is 45.7 Å². The Hall–Kier alpha value is -2.63. The predicted octanol–water partition coefficient (Wildman–Crippen LogP) is 6.59. The Balaban J connectivity index is 1.26. The molecule has 6 nitrogen and oxygen atoms in total. The molecule has 1 aromatic carbocycles. The molecule has 4 aliphatic rings. The third-order valence-electron chi connectivity index (χ3n) is 8.11. The van der Waals surface area contributed by atoms with E-state index in [0.717, 1.165) is 85.5 Å². The summed E-state index contributed by atoms with van der Waals surface area (Å²) >= 11 is 2.64. The van der Waals surface area contributed by atoms with E-state index in [0.29, 0.717) is 22.2 Å². The standard InChI is InChI=1S/C28H28F3N5OS2/c29-28(30,31)20-14-33-27(34-21-11-17-13-32-7-6-16(17)10-19(21)15-4-5-15)35-24(20)22-12-23-25(39-22)26(37)36(8-9-38-23)18-2-1-3-18/h10-12,14-15,18,32H,1-9,13H2,(H,33,34,35). The van der Waals surface area contributed by atoms with Gasteiger partial charge in [-0.15, -0.1) is 23.1 Å². The quantitative estimate of drug-likeness (QED) is 0.360. The number of nitrogens with zero attached hydrogens (tertiary/aromatic N) is 3. The summed E-state index contributed by atoms with van der Waals surface area (Å²) in [5.41, 5.74) is 3.47. The molecule has 204 valence electrons. The zero-order valence-corrected chi connectivity index (χ0v) is 22.9. The smallest absolute Gasteiger partial charge is 0.334 e. The maximum Gasteiger partial charge on any atom is 0.420 e. The van der Waals surface area contributed by atoms with Crippen LogP contribution < -0.4 is 10.6 Å². The number of alkyl halides is 3. The van der Waals surface area contributed by atoms with Gasteiger partial charge in [0.15, 0.2) is 0 Å². The third kappa shape index (κ3) is 4.82. The van der Waals surface area contributed by atoms with Crippen LogP contribution in [0, 0.1) is 0 Å². The maximum absolute atomic E-state index is 14.1. The number of thiophene rings is 1. The first-order valence-corrected chi connectivity index (χ1v) is 15.3. The Morgan fingerprint density at radius 2 is 1.95 bits per heavy atom. The van der Waals surface area contributed by atoms with Gasteiger partial charge in [0.05, 0.1) is 10.6 Å². The van der Waals surface area contributed by atoms with Crippen molar-refractivity contribution in [3.63, 3.8) is 0 Å². The van der Waals surface area contributed by atoms with Crippen LogP contribution in [0.15, 0.2) is 29.3 Å². The molecule has 4 heterocycles. The van der Waals surface area contributed by atoms with Crippen LogP contribution in [-0.2, 0) is 19.1 Å². The summed E-state index contributed by atoms with van der Waals surface area (Å²) in [5.74, 6) is 1.23. The average Bonchev–Trinajstić information content (AvgIpc) is 3.66. The second kappa shape index (κ2) is 9.78. The first kappa shape index (κ1) is 25.3. The molecule has 7 rings (SSSR count). The van der Waals surface area contributed by atoms with E-state index in [9.17, 15) is 18.0 Å². The fraction of sp³-hybridized carbons (Fsp3) is 0.464. The number of halogens is 3. The second-order valence-corrected chi connectivity index (χ2v) is 12.9. The molecular formula is C28H28F3N5OS2. The first-order chi connectivity index (χ1) is 18.8. The van der Waals surface area contributed by atoms with Crippen LogP contribution in [0.1, 0.15) is 69.9 Å². The van der Waals surface area contributed by atoms with Gasteiger partial charge in [0, 0.05) is 41.7 Å². The lowest BCUT2D eigenvalue weighted by Crippen LogP contribution is -2.44. The number of benzene rings is 1. The lowest BCUT2D eigenvalue weighted by molar-refractivity contribution is -0.137. The number of fused-ring (bicyclic) bond motifs is 2. The Morgan fingerprint density at radius 1 is 1.10 bits per heavy atom. The first-order valence-electron chi connectivity index (χ1n) is 13.5. The molecule has 2 N–H and O–H groups in total. The molecule has 0 saturated heterocycles. The van der Waals surface area contributed by atoms with Crippen LogP contribution in [0.3, 0.4) is 0 Å². The summed E-state index contributed by atoms with van der Waals surface area (Å²) < 4.78 is 42.4. The largest absolute Gasteiger partial charge is 0.420 e. The number of carbonyl (C=O) groups excluding carboxylic acids is 1. The molecule has 2 fully saturated rings. The maximum atomic E-state index is 14.1. The van der Waals surface area contributed by atoms with Crippen LogP contribution in [0.2, 0.25) is 0 Å². The molecule has 2 aliphatic carbocycles. The van der Waals surface area contributed by atoms with Crippen LogP contribution in [0.25, 0.3) is 10.6 Å². The topological polar surface area (TPSA) is 70.1 Å². The van der Waals surface area contributed by atoms with Crippen molar-refractivity contribution >= 4 is 40.6 Å². The van der Waals surface area contributed by atoms with Crippen molar-refractivity contribution in [1.29, 1.82) is 0 Å². The van der Waals surface area contributed by atoms with Crippen molar-refractivity contribution in [2.45, 2.75) is 68.1 Å². The van der Waals surface area contributed by atoms with E-state index in [2.05, 4.69) is 32.7 Å². The van der Waals surface area contributed by atoms with E-state index in [-0.39, 0.29) is 23.6 Å². The number of aromatic nitrogens is 2. The molecule has 2 saturated carbocycles. The van der Waals surface area contributed by atoms with Crippen LogP contribution >= 0.6 is 23.1 Å². The molecule has 1 amide bonds. The highest BCUT2D eigenvalue weighted by atomic mass is 32.2. The highest BCUT2D eigenvalue weighted by Crippen LogP contribution is 2.46. The van der Waals surface area contributed by atoms with Gasteiger partial charge in [-0.25, -0.2) is 9.97 Å². The molecule has 0 radical (unpaired) electrons. The number of carbonyl (C=O) groups is 1. The van der Waals surface area contributed by atoms with Gasteiger partial charge in [-0.05, 0) is 79.8 Å². The van der Waals surface area contributed by atoms with Crippen molar-refractivity contribution in [2.75, 3.05) is 24.2 Å². The second-order valence-electron chi connectivity index (χ2n) is 10.7. The van der Waals surface area contributed by atoms with Crippen molar-refractivity contribution in [1.82, 2.24) is 20.2 Å². The number of hydrogen-bond donors (Lipinski definition) is 2. The zero-order chi connectivity index (χ0) is 26.7. The van der Waals surface area contributed by atoms with Gasteiger partial charge in [-0.1, -0.05) is 6.07 Å². The predicted molar refractivity (Wildman–Crippen MR) is 147 cm³/mol. The fourth-order valence-corrected chi connectivity index (χ4v) is 7.95. The molecule has 11 heteroatoms. The van der Waals surface area contributed by atoms with E-state index >= 15 is 0 Å². The van der Waals surface area contributed by atoms with Crippen molar-refractivity contribution in [3.05, 3.63) is 51.5 Å². The lowest BCUT2D eigenvalue weighted by atomic mass is 9.91. The molecule has 39 heavy (non-hydrogen) atoms. The van der Waals surface area contributed by atoms with Crippen molar-refractivity contribution in [2.24, 2.45) is 0 Å². The molecular weight excluding hydrogens is 543 g/mol. The van der Waals surface area contributed by atoms with E-state index in [4.69, 9.17) is 0 Å². The van der Waals surface area contributed by atoms with Crippen LogP contribution in [0.4, 0.5) is 24.8 Å². The van der Waals surface area contributed by atoms with Gasteiger partial charge in [0.2, 0.25) is 5.95 Å². The number of anilines is 2. The Bertz CT molecular complexity index is 1450. The number of thioether (sulfide) groups is 1. The van der Waals surface area contributed by atoms with E-state index in [1.54, 1.807) is 6.07 Å². The summed E-state index contributed by atoms with van der Waals surface area (Å²) in [5, 5.41) is 6.64. The number of hydrogen-bond acceptors (Lipinski definition) is 7. The van der Waals surface area contributed by atoms with Gasteiger partial charge in [-0.2, -0.15) is 13.2 Å². The normalized spacial score (nSPS) is 19.8. The lowest BCUT2D eigenvalue weighted by Gasteiger charge is -2.36. The Morgan fingerprint density at radius 3 is 2.69 bits per heavy atom. The molecule has 2 aliphatic heterocycles. The molecule has 0 atom stereocenters. The Kier molecular flexibility index (Phi) is 6.35. The molecule has 3 aromatic rings. The molecule has 2 aromatic heterocycles. The van der Waals surface area contributed by atoms with Gasteiger partial charge in [0.25, 0.3) is 5.91 Å². The van der Waals surface area contributed by atoms with Crippen LogP contribution in [0.5, 0.6) is 0 Å². The minimum atomic E-state index is -4.62. The summed E-state index contributed by atoms with van der Waals surface area (Å²) in [6, 6.07) is 6.28. The highest BCUT2D eigenvalue weighted by Gasteiger charge is 2.38.